The molecular formula is C31H38ClN3O4S. The summed E-state index contributed by atoms with van der Waals surface area (Å²) in [6.07, 6.45) is 1.85. The van der Waals surface area contributed by atoms with Crippen LogP contribution in [0.2, 0.25) is 5.02 Å². The normalized spacial score (nSPS) is 12.0. The molecule has 3 aromatic carbocycles. The van der Waals surface area contributed by atoms with E-state index in [-0.39, 0.29) is 37.7 Å². The van der Waals surface area contributed by atoms with Crippen LogP contribution in [0.1, 0.15) is 42.0 Å². The van der Waals surface area contributed by atoms with Crippen molar-refractivity contribution in [2.24, 2.45) is 0 Å². The summed E-state index contributed by atoms with van der Waals surface area (Å²) < 4.78 is 26.7. The first kappa shape index (κ1) is 31.2. The quantitative estimate of drug-likeness (QED) is 0.297. The predicted octanol–water partition coefficient (Wildman–Crippen LogP) is 5.28. The second-order valence-electron chi connectivity index (χ2n) is 9.93. The predicted molar refractivity (Wildman–Crippen MR) is 162 cm³/mol. The molecule has 0 aliphatic rings. The minimum atomic E-state index is -3.62. The van der Waals surface area contributed by atoms with Gasteiger partial charge in [0.15, 0.2) is 0 Å². The molecule has 3 rings (SSSR count). The number of carbonyl (C=O) groups is 2. The Balaban J connectivity index is 1.87. The summed E-state index contributed by atoms with van der Waals surface area (Å²) in [6.45, 7) is 6.42. The van der Waals surface area contributed by atoms with Crippen LogP contribution in [-0.2, 0) is 32.6 Å². The fourth-order valence-electron chi connectivity index (χ4n) is 4.58. The Hall–Kier alpha value is -3.36. The highest BCUT2D eigenvalue weighted by molar-refractivity contribution is 7.92. The number of nitrogens with zero attached hydrogens (tertiary/aromatic N) is 2. The van der Waals surface area contributed by atoms with E-state index in [2.05, 4.69) is 5.32 Å². The van der Waals surface area contributed by atoms with Crippen molar-refractivity contribution in [3.63, 3.8) is 0 Å². The molecule has 0 saturated carbocycles. The summed E-state index contributed by atoms with van der Waals surface area (Å²) in [5.74, 6) is -0.442. The summed E-state index contributed by atoms with van der Waals surface area (Å²) >= 11 is 6.26. The minimum absolute atomic E-state index is 0.0716. The molecule has 0 aromatic heterocycles. The van der Waals surface area contributed by atoms with Crippen molar-refractivity contribution in [2.45, 2.75) is 52.6 Å². The number of nitrogens with one attached hydrogen (secondary N) is 1. The Bertz CT molecular complexity index is 1400. The van der Waals surface area contributed by atoms with Crippen LogP contribution in [-0.4, -0.2) is 50.5 Å². The summed E-state index contributed by atoms with van der Waals surface area (Å²) in [5.41, 5.74) is 4.10. The van der Waals surface area contributed by atoms with Gasteiger partial charge < -0.3 is 10.2 Å². The van der Waals surface area contributed by atoms with Crippen molar-refractivity contribution in [3.8, 4) is 0 Å². The number of carbonyl (C=O) groups excluding carboxylic acids is 2. The number of hydrogen-bond acceptors (Lipinski definition) is 4. The Morgan fingerprint density at radius 1 is 0.925 bits per heavy atom. The Morgan fingerprint density at radius 2 is 1.60 bits per heavy atom. The highest BCUT2D eigenvalue weighted by Gasteiger charge is 2.30. The van der Waals surface area contributed by atoms with Crippen LogP contribution >= 0.6 is 11.6 Å². The number of likely N-dealkylation sites (N-methyl/N-ethyl adjacent to an activating group) is 1. The van der Waals surface area contributed by atoms with E-state index >= 15 is 0 Å². The summed E-state index contributed by atoms with van der Waals surface area (Å²) in [4.78, 5) is 28.7. The Morgan fingerprint density at radius 3 is 2.23 bits per heavy atom. The molecule has 0 fully saturated rings. The number of aryl methyl sites for hydroxylation is 1. The van der Waals surface area contributed by atoms with Gasteiger partial charge >= 0.3 is 0 Å². The first-order valence-electron chi connectivity index (χ1n) is 13.4. The number of benzene rings is 3. The van der Waals surface area contributed by atoms with Crippen molar-refractivity contribution in [1.82, 2.24) is 10.2 Å². The Labute approximate surface area is 243 Å². The van der Waals surface area contributed by atoms with Gasteiger partial charge in [0.1, 0.15) is 6.04 Å². The zero-order valence-corrected chi connectivity index (χ0v) is 25.1. The molecule has 0 spiro atoms. The standard InChI is InChI=1S/C31H38ClN3O4S/c1-5-33-31(37)29(21-25-11-7-6-8-12-25)34(22-26-18-16-23(2)17-19-26)30(36)15-10-20-35(40(4,38)39)28-14-9-13-27(32)24(28)3/h6-9,11-14,16-19,29H,5,10,15,20-22H2,1-4H3,(H,33,37). The lowest BCUT2D eigenvalue weighted by atomic mass is 10.0. The number of rotatable bonds is 13. The van der Waals surface area contributed by atoms with Gasteiger partial charge in [0.25, 0.3) is 0 Å². The second-order valence-corrected chi connectivity index (χ2v) is 12.2. The van der Waals surface area contributed by atoms with Crippen LogP contribution < -0.4 is 9.62 Å². The fraction of sp³-hybridized carbons (Fsp3) is 0.355. The molecule has 7 nitrogen and oxygen atoms in total. The van der Waals surface area contributed by atoms with Gasteiger partial charge in [0.2, 0.25) is 21.8 Å². The highest BCUT2D eigenvalue weighted by atomic mass is 35.5. The summed E-state index contributed by atoms with van der Waals surface area (Å²) in [5, 5.41) is 3.36. The maximum absolute atomic E-state index is 13.8. The number of halogens is 1. The number of hydrogen-bond donors (Lipinski definition) is 1. The molecule has 0 aliphatic carbocycles. The first-order chi connectivity index (χ1) is 19.0. The summed E-state index contributed by atoms with van der Waals surface area (Å²) in [7, 11) is -3.62. The van der Waals surface area contributed by atoms with Crippen LogP contribution in [0.15, 0.2) is 72.8 Å². The first-order valence-corrected chi connectivity index (χ1v) is 15.6. The van der Waals surface area contributed by atoms with E-state index in [1.54, 1.807) is 30.0 Å². The third kappa shape index (κ3) is 8.57. The Kier molecular flexibility index (Phi) is 11.2. The van der Waals surface area contributed by atoms with Crippen LogP contribution in [0.4, 0.5) is 5.69 Å². The van der Waals surface area contributed by atoms with Crippen molar-refractivity contribution in [3.05, 3.63) is 100 Å². The van der Waals surface area contributed by atoms with E-state index in [0.29, 0.717) is 29.2 Å². The maximum atomic E-state index is 13.8. The van der Waals surface area contributed by atoms with Gasteiger partial charge in [-0.05, 0) is 56.0 Å². The van der Waals surface area contributed by atoms with E-state index in [4.69, 9.17) is 11.6 Å². The molecule has 0 heterocycles. The van der Waals surface area contributed by atoms with Gasteiger partial charge in [-0.2, -0.15) is 0 Å². The molecule has 1 atom stereocenters. The van der Waals surface area contributed by atoms with Gasteiger partial charge in [-0.25, -0.2) is 8.42 Å². The smallest absolute Gasteiger partial charge is 0.243 e. The number of sulfonamides is 1. The van der Waals surface area contributed by atoms with Crippen LogP contribution in [0, 0.1) is 13.8 Å². The van der Waals surface area contributed by atoms with Crippen LogP contribution in [0.25, 0.3) is 0 Å². The van der Waals surface area contributed by atoms with Crippen LogP contribution in [0.3, 0.4) is 0 Å². The SMILES string of the molecule is CCNC(=O)C(Cc1ccccc1)N(Cc1ccc(C)cc1)C(=O)CCCN(c1cccc(Cl)c1C)S(C)(=O)=O. The molecule has 2 amide bonds. The van der Waals surface area contributed by atoms with E-state index in [1.165, 1.54) is 4.31 Å². The van der Waals surface area contributed by atoms with Gasteiger partial charge in [-0.1, -0.05) is 77.8 Å². The minimum Gasteiger partial charge on any atom is -0.355 e. The van der Waals surface area contributed by atoms with Gasteiger partial charge in [-0.3, -0.25) is 13.9 Å². The van der Waals surface area contributed by atoms with Gasteiger partial charge in [0.05, 0.1) is 11.9 Å². The molecule has 0 aliphatic heterocycles. The van der Waals surface area contributed by atoms with Crippen molar-refractivity contribution in [1.29, 1.82) is 0 Å². The van der Waals surface area contributed by atoms with E-state index in [0.717, 1.165) is 22.9 Å². The molecular weight excluding hydrogens is 546 g/mol. The second kappa shape index (κ2) is 14.3. The van der Waals surface area contributed by atoms with E-state index in [1.807, 2.05) is 68.4 Å². The average molecular weight is 584 g/mol. The van der Waals surface area contributed by atoms with Crippen molar-refractivity contribution >= 4 is 39.1 Å². The molecule has 214 valence electrons. The van der Waals surface area contributed by atoms with Gasteiger partial charge in [-0.15, -0.1) is 0 Å². The third-order valence-electron chi connectivity index (χ3n) is 6.76. The molecule has 3 aromatic rings. The fourth-order valence-corrected chi connectivity index (χ4v) is 5.77. The van der Waals surface area contributed by atoms with E-state index < -0.39 is 16.1 Å². The third-order valence-corrected chi connectivity index (χ3v) is 8.34. The zero-order chi connectivity index (χ0) is 29.3. The molecule has 0 radical (unpaired) electrons. The molecule has 9 heteroatoms. The molecule has 0 bridgehead atoms. The maximum Gasteiger partial charge on any atom is 0.243 e. The molecule has 1 unspecified atom stereocenters. The van der Waals surface area contributed by atoms with E-state index in [9.17, 15) is 18.0 Å². The van der Waals surface area contributed by atoms with Crippen LogP contribution in [0.5, 0.6) is 0 Å². The lowest BCUT2D eigenvalue weighted by Gasteiger charge is -2.32. The number of anilines is 1. The lowest BCUT2D eigenvalue weighted by Crippen LogP contribution is -2.50. The molecule has 0 saturated heterocycles. The van der Waals surface area contributed by atoms with Crippen molar-refractivity contribution < 1.29 is 18.0 Å². The number of amides is 2. The van der Waals surface area contributed by atoms with Crippen molar-refractivity contribution in [2.75, 3.05) is 23.7 Å². The molecule has 1 N–H and O–H groups in total. The lowest BCUT2D eigenvalue weighted by molar-refractivity contribution is -0.141. The molecule has 40 heavy (non-hydrogen) atoms. The highest BCUT2D eigenvalue weighted by Crippen LogP contribution is 2.28. The summed E-state index contributed by atoms with van der Waals surface area (Å²) in [6, 6.07) is 21.9. The average Bonchev–Trinajstić information content (AvgIpc) is 2.91. The van der Waals surface area contributed by atoms with Gasteiger partial charge in [0, 0.05) is 37.5 Å². The largest absolute Gasteiger partial charge is 0.355 e. The topological polar surface area (TPSA) is 86.8 Å². The monoisotopic (exact) mass is 583 g/mol. The zero-order valence-electron chi connectivity index (χ0n) is 23.6.